The Morgan fingerprint density at radius 1 is 1.06 bits per heavy atom. The highest BCUT2D eigenvalue weighted by molar-refractivity contribution is 6.35. The molecule has 2 amide bonds. The Morgan fingerprint density at radius 2 is 1.81 bits per heavy atom. The van der Waals surface area contributed by atoms with E-state index in [4.69, 9.17) is 11.6 Å². The molecule has 0 bridgehead atoms. The molecule has 2 heterocycles. The number of hydrogen-bond acceptors (Lipinski definition) is 4. The van der Waals surface area contributed by atoms with Crippen molar-refractivity contribution in [3.63, 3.8) is 0 Å². The summed E-state index contributed by atoms with van der Waals surface area (Å²) < 4.78 is 0. The number of amides is 2. The second-order valence-electron chi connectivity index (χ2n) is 8.50. The van der Waals surface area contributed by atoms with E-state index in [1.165, 1.54) is 4.90 Å². The van der Waals surface area contributed by atoms with Crippen LogP contribution in [0.25, 0.3) is 5.57 Å². The quantitative estimate of drug-likeness (QED) is 0.718. The minimum atomic E-state index is -0.270. The molecule has 31 heavy (non-hydrogen) atoms. The number of hydrogen-bond donors (Lipinski definition) is 1. The molecular formula is C25H27ClN2O3. The van der Waals surface area contributed by atoms with E-state index in [9.17, 15) is 14.7 Å². The molecule has 1 atom stereocenters. The first-order valence-corrected chi connectivity index (χ1v) is 11.0. The largest absolute Gasteiger partial charge is 0.396 e. The number of carbonyl (C=O) groups is 2. The smallest absolute Gasteiger partial charge is 0.278 e. The summed E-state index contributed by atoms with van der Waals surface area (Å²) in [5, 5.41) is 10.3. The number of carbonyl (C=O) groups excluding carboxylic acids is 2. The second kappa shape index (κ2) is 8.85. The third kappa shape index (κ3) is 4.25. The molecule has 162 valence electrons. The van der Waals surface area contributed by atoms with Gasteiger partial charge in [0.2, 0.25) is 0 Å². The second-order valence-corrected chi connectivity index (χ2v) is 8.94. The first kappa shape index (κ1) is 21.6. The van der Waals surface area contributed by atoms with Crippen molar-refractivity contribution in [1.29, 1.82) is 0 Å². The van der Waals surface area contributed by atoms with Crippen molar-refractivity contribution in [2.24, 2.45) is 5.92 Å². The van der Waals surface area contributed by atoms with Crippen LogP contribution in [0.15, 0.2) is 48.2 Å². The van der Waals surface area contributed by atoms with E-state index in [2.05, 4.69) is 0 Å². The summed E-state index contributed by atoms with van der Waals surface area (Å²) in [6.45, 7) is 5.54. The summed E-state index contributed by atoms with van der Waals surface area (Å²) in [7, 11) is 0. The van der Waals surface area contributed by atoms with Gasteiger partial charge in [0.25, 0.3) is 11.8 Å². The molecule has 2 aliphatic heterocycles. The van der Waals surface area contributed by atoms with Gasteiger partial charge in [0.15, 0.2) is 0 Å². The van der Waals surface area contributed by atoms with Gasteiger partial charge in [0.05, 0.1) is 12.1 Å². The molecule has 1 N–H and O–H groups in total. The highest BCUT2D eigenvalue weighted by atomic mass is 35.5. The van der Waals surface area contributed by atoms with Gasteiger partial charge < -0.3 is 10.0 Å². The van der Waals surface area contributed by atoms with E-state index < -0.39 is 0 Å². The summed E-state index contributed by atoms with van der Waals surface area (Å²) in [6, 6.07) is 13.1. The number of aliphatic hydroxyl groups excluding tert-OH is 1. The molecule has 0 spiro atoms. The summed E-state index contributed by atoms with van der Waals surface area (Å²) in [6.07, 6.45) is 1.81. The Kier molecular flexibility index (Phi) is 6.17. The predicted octanol–water partition coefficient (Wildman–Crippen LogP) is 3.94. The van der Waals surface area contributed by atoms with Crippen LogP contribution >= 0.6 is 11.6 Å². The summed E-state index contributed by atoms with van der Waals surface area (Å²) in [4.78, 5) is 30.5. The Bertz CT molecular complexity index is 1050. The topological polar surface area (TPSA) is 60.9 Å². The van der Waals surface area contributed by atoms with E-state index in [1.807, 2.05) is 49.1 Å². The van der Waals surface area contributed by atoms with Gasteiger partial charge in [0, 0.05) is 24.7 Å². The zero-order valence-corrected chi connectivity index (χ0v) is 18.7. The maximum Gasteiger partial charge on any atom is 0.278 e. The van der Waals surface area contributed by atoms with E-state index in [1.54, 1.807) is 12.1 Å². The fourth-order valence-electron chi connectivity index (χ4n) is 4.53. The lowest BCUT2D eigenvalue weighted by Crippen LogP contribution is -2.40. The standard InChI is InChI=1S/C25H27ClN2O3/c1-16-5-10-21(17(2)12-16)22-23(27-11-3-4-19(13-27)15-29)25(31)28(24(22)30)14-18-6-8-20(26)9-7-18/h5-10,12,19,29H,3-4,11,13-15H2,1-2H3. The van der Waals surface area contributed by atoms with Gasteiger partial charge in [-0.05, 0) is 61.4 Å². The highest BCUT2D eigenvalue weighted by Crippen LogP contribution is 2.36. The van der Waals surface area contributed by atoms with Crippen LogP contribution in [0.2, 0.25) is 5.02 Å². The number of aliphatic hydroxyl groups is 1. The number of likely N-dealkylation sites (tertiary alicyclic amines) is 1. The molecule has 4 rings (SSSR count). The summed E-state index contributed by atoms with van der Waals surface area (Å²) in [5.41, 5.74) is 4.65. The van der Waals surface area contributed by atoms with Crippen LogP contribution in [0.1, 0.15) is 35.1 Å². The Labute approximate surface area is 187 Å². The maximum atomic E-state index is 13.6. The molecule has 1 unspecified atom stereocenters. The Hall–Kier alpha value is -2.63. The van der Waals surface area contributed by atoms with Gasteiger partial charge in [-0.15, -0.1) is 0 Å². The molecule has 2 aromatic carbocycles. The van der Waals surface area contributed by atoms with Gasteiger partial charge in [-0.1, -0.05) is 47.5 Å². The molecule has 1 saturated heterocycles. The van der Waals surface area contributed by atoms with Crippen LogP contribution < -0.4 is 0 Å². The minimum Gasteiger partial charge on any atom is -0.396 e. The van der Waals surface area contributed by atoms with Crippen LogP contribution in [0.3, 0.4) is 0 Å². The third-order valence-electron chi connectivity index (χ3n) is 6.14. The van der Waals surface area contributed by atoms with Crippen LogP contribution in [0.4, 0.5) is 0 Å². The van der Waals surface area contributed by atoms with E-state index >= 15 is 0 Å². The lowest BCUT2D eigenvalue weighted by atomic mass is 9.95. The van der Waals surface area contributed by atoms with Gasteiger partial charge in [-0.25, -0.2) is 0 Å². The average Bonchev–Trinajstić information content (AvgIpc) is 3.00. The molecule has 5 nitrogen and oxygen atoms in total. The van der Waals surface area contributed by atoms with Gasteiger partial charge in [0.1, 0.15) is 5.70 Å². The van der Waals surface area contributed by atoms with Crippen LogP contribution in [0, 0.1) is 19.8 Å². The Balaban J connectivity index is 1.76. The molecule has 0 aliphatic carbocycles. The summed E-state index contributed by atoms with van der Waals surface area (Å²) >= 11 is 5.99. The summed E-state index contributed by atoms with van der Waals surface area (Å²) in [5.74, 6) is -0.434. The molecule has 1 fully saturated rings. The van der Waals surface area contributed by atoms with Crippen molar-refractivity contribution in [3.8, 4) is 0 Å². The monoisotopic (exact) mass is 438 g/mol. The lowest BCUT2D eigenvalue weighted by molar-refractivity contribution is -0.138. The third-order valence-corrected chi connectivity index (χ3v) is 6.39. The molecular weight excluding hydrogens is 412 g/mol. The number of imide groups is 1. The highest BCUT2D eigenvalue weighted by Gasteiger charge is 2.42. The minimum absolute atomic E-state index is 0.0826. The SMILES string of the molecule is Cc1ccc(C2=C(N3CCCC(CO)C3)C(=O)N(Cc3ccc(Cl)cc3)C2=O)c(C)c1. The molecule has 0 saturated carbocycles. The molecule has 0 aromatic heterocycles. The molecule has 6 heteroatoms. The van der Waals surface area contributed by atoms with Crippen molar-refractivity contribution >= 4 is 29.0 Å². The number of rotatable bonds is 5. The van der Waals surface area contributed by atoms with Crippen LogP contribution in [0.5, 0.6) is 0 Å². The molecule has 0 radical (unpaired) electrons. The normalized spacial score (nSPS) is 19.5. The van der Waals surface area contributed by atoms with Crippen molar-refractivity contribution < 1.29 is 14.7 Å². The van der Waals surface area contributed by atoms with Crippen LogP contribution in [-0.4, -0.2) is 46.4 Å². The predicted molar refractivity (Wildman–Crippen MR) is 121 cm³/mol. The average molecular weight is 439 g/mol. The first-order chi connectivity index (χ1) is 14.9. The van der Waals surface area contributed by atoms with Crippen molar-refractivity contribution in [1.82, 2.24) is 9.80 Å². The van der Waals surface area contributed by atoms with E-state index in [0.717, 1.165) is 35.1 Å². The van der Waals surface area contributed by atoms with Crippen molar-refractivity contribution in [2.45, 2.75) is 33.2 Å². The van der Waals surface area contributed by atoms with Gasteiger partial charge >= 0.3 is 0 Å². The van der Waals surface area contributed by atoms with Crippen molar-refractivity contribution in [3.05, 3.63) is 75.4 Å². The number of piperidine rings is 1. The zero-order chi connectivity index (χ0) is 22.1. The maximum absolute atomic E-state index is 13.6. The molecule has 2 aromatic rings. The number of benzene rings is 2. The number of aryl methyl sites for hydroxylation is 2. The lowest BCUT2D eigenvalue weighted by Gasteiger charge is -2.34. The van der Waals surface area contributed by atoms with E-state index in [-0.39, 0.29) is 30.9 Å². The Morgan fingerprint density at radius 3 is 2.48 bits per heavy atom. The first-order valence-electron chi connectivity index (χ1n) is 10.7. The fraction of sp³-hybridized carbons (Fsp3) is 0.360. The zero-order valence-electron chi connectivity index (χ0n) is 17.9. The number of halogens is 1. The number of nitrogens with zero attached hydrogens (tertiary/aromatic N) is 2. The fourth-order valence-corrected chi connectivity index (χ4v) is 4.65. The van der Waals surface area contributed by atoms with Crippen LogP contribution in [-0.2, 0) is 16.1 Å². The van der Waals surface area contributed by atoms with Crippen molar-refractivity contribution in [2.75, 3.05) is 19.7 Å². The van der Waals surface area contributed by atoms with E-state index in [0.29, 0.717) is 29.4 Å². The molecule has 2 aliphatic rings. The van der Waals surface area contributed by atoms with Gasteiger partial charge in [-0.2, -0.15) is 0 Å². The van der Waals surface area contributed by atoms with Gasteiger partial charge in [-0.3, -0.25) is 14.5 Å².